The van der Waals surface area contributed by atoms with Crippen molar-refractivity contribution in [3.63, 3.8) is 0 Å². The highest BCUT2D eigenvalue weighted by Crippen LogP contribution is 2.45. The molecular formula is C20H28FN5O7P+. The van der Waals surface area contributed by atoms with Crippen LogP contribution in [0.3, 0.4) is 0 Å². The van der Waals surface area contributed by atoms with Crippen molar-refractivity contribution in [2.75, 3.05) is 25.6 Å². The summed E-state index contributed by atoms with van der Waals surface area (Å²) in [5.74, 6) is -0.398. The lowest BCUT2D eigenvalue weighted by Gasteiger charge is -2.26. The number of carbonyl (C=O) groups is 1. The fraction of sp³-hybridized carbons (Fsp3) is 0.650. The van der Waals surface area contributed by atoms with E-state index in [1.165, 1.54) is 17.8 Å². The van der Waals surface area contributed by atoms with Crippen LogP contribution in [0.4, 0.5) is 10.2 Å². The summed E-state index contributed by atoms with van der Waals surface area (Å²) in [7, 11) is -2.64. The zero-order valence-corrected chi connectivity index (χ0v) is 19.7. The zero-order chi connectivity index (χ0) is 24.7. The topological polar surface area (TPSA) is 171 Å². The Morgan fingerprint density at radius 3 is 2.85 bits per heavy atom. The average molecular weight is 500 g/mol. The highest BCUT2D eigenvalue weighted by molar-refractivity contribution is 7.36. The summed E-state index contributed by atoms with van der Waals surface area (Å²) in [6.07, 6.45) is -1.22. The number of nitrogens with zero attached hydrogens (tertiary/aromatic N) is 3. The van der Waals surface area contributed by atoms with E-state index in [-0.39, 0.29) is 17.8 Å². The van der Waals surface area contributed by atoms with Gasteiger partial charge in [-0.1, -0.05) is 12.0 Å². The number of alkyl halides is 1. The Bertz CT molecular complexity index is 1080. The minimum Gasteiger partial charge on any atom is -0.464 e. The van der Waals surface area contributed by atoms with Crippen molar-refractivity contribution >= 4 is 25.5 Å². The van der Waals surface area contributed by atoms with Crippen LogP contribution in [0.1, 0.15) is 38.5 Å². The Labute approximate surface area is 195 Å². The number of aromatic nitrogens is 3. The van der Waals surface area contributed by atoms with E-state index in [4.69, 9.17) is 19.7 Å². The third kappa shape index (κ3) is 4.77. The molecule has 5 N–H and O–H groups in total. The molecule has 0 aromatic carbocycles. The van der Waals surface area contributed by atoms with Crippen LogP contribution in [0.25, 0.3) is 5.52 Å². The van der Waals surface area contributed by atoms with Crippen LogP contribution in [-0.4, -0.2) is 74.5 Å². The van der Waals surface area contributed by atoms with Crippen molar-refractivity contribution in [1.82, 2.24) is 19.7 Å². The second kappa shape index (κ2) is 9.40. The average Bonchev–Trinajstić information content (AvgIpc) is 3.30. The lowest BCUT2D eigenvalue weighted by molar-refractivity contribution is -0.147. The number of anilines is 1. The molecule has 3 heterocycles. The second-order valence-corrected chi connectivity index (χ2v) is 10.2. The van der Waals surface area contributed by atoms with E-state index in [0.717, 1.165) is 12.8 Å². The van der Waals surface area contributed by atoms with Gasteiger partial charge in [0.2, 0.25) is 0 Å². The molecule has 0 bridgehead atoms. The minimum atomic E-state index is -2.64. The van der Waals surface area contributed by atoms with E-state index in [9.17, 15) is 24.0 Å². The normalized spacial score (nSPS) is 29.2. The van der Waals surface area contributed by atoms with Crippen LogP contribution >= 0.6 is 8.18 Å². The number of carbonyl (C=O) groups excluding carboxylic acids is 1. The number of nitrogens with one attached hydrogen (secondary N) is 1. The highest BCUT2D eigenvalue weighted by atomic mass is 31.1. The number of ether oxygens (including phenoxy) is 2. The number of hydrogen-bond acceptors (Lipinski definition) is 10. The van der Waals surface area contributed by atoms with Crippen LogP contribution in [-0.2, 0) is 23.4 Å². The van der Waals surface area contributed by atoms with Gasteiger partial charge in [0, 0.05) is 5.41 Å². The summed E-state index contributed by atoms with van der Waals surface area (Å²) >= 11 is 0. The molecule has 1 aliphatic heterocycles. The lowest BCUT2D eigenvalue weighted by atomic mass is 9.96. The first-order chi connectivity index (χ1) is 16.1. The Morgan fingerprint density at radius 1 is 1.44 bits per heavy atom. The van der Waals surface area contributed by atoms with Gasteiger partial charge in [0.05, 0.1) is 12.3 Å². The summed E-state index contributed by atoms with van der Waals surface area (Å²) < 4.78 is 44.0. The Balaban J connectivity index is 1.38. The van der Waals surface area contributed by atoms with Crippen molar-refractivity contribution in [1.29, 1.82) is 0 Å². The molecule has 14 heteroatoms. The van der Waals surface area contributed by atoms with E-state index < -0.39 is 57.4 Å². The molecule has 12 nitrogen and oxygen atoms in total. The van der Waals surface area contributed by atoms with Gasteiger partial charge in [-0.15, -0.1) is 4.52 Å². The van der Waals surface area contributed by atoms with E-state index >= 15 is 0 Å². The molecule has 0 radical (unpaired) electrons. The minimum absolute atomic E-state index is 0.0119. The lowest BCUT2D eigenvalue weighted by Crippen LogP contribution is -2.48. The predicted molar refractivity (Wildman–Crippen MR) is 116 cm³/mol. The maximum absolute atomic E-state index is 14.1. The van der Waals surface area contributed by atoms with Gasteiger partial charge in [-0.3, -0.25) is 4.79 Å². The third-order valence-corrected chi connectivity index (χ3v) is 7.27. The third-order valence-electron chi connectivity index (χ3n) is 6.31. The molecule has 6 atom stereocenters. The summed E-state index contributed by atoms with van der Waals surface area (Å²) in [5, 5.41) is 27.7. The van der Waals surface area contributed by atoms with Gasteiger partial charge in [0.15, 0.2) is 11.4 Å². The van der Waals surface area contributed by atoms with Gasteiger partial charge in [0.25, 0.3) is 0 Å². The molecule has 2 aromatic heterocycles. The van der Waals surface area contributed by atoms with Crippen molar-refractivity contribution in [3.8, 4) is 0 Å². The fourth-order valence-corrected chi connectivity index (χ4v) is 4.54. The molecule has 1 saturated carbocycles. The molecule has 2 aliphatic rings. The van der Waals surface area contributed by atoms with Crippen LogP contribution in [0.2, 0.25) is 0 Å². The zero-order valence-electron chi connectivity index (χ0n) is 18.8. The van der Waals surface area contributed by atoms with Gasteiger partial charge in [-0.25, -0.2) is 13.9 Å². The predicted octanol–water partition coefficient (Wildman–Crippen LogP) is 0.808. The Hall–Kier alpha value is -2.28. The molecule has 34 heavy (non-hydrogen) atoms. The first-order valence-corrected chi connectivity index (χ1v) is 12.0. The number of nitrogens with two attached hydrogens (primary N) is 1. The van der Waals surface area contributed by atoms with Crippen LogP contribution in [0.5, 0.6) is 0 Å². The molecule has 1 unspecified atom stereocenters. The van der Waals surface area contributed by atoms with Gasteiger partial charge in [-0.05, 0) is 36.5 Å². The first kappa shape index (κ1) is 24.8. The number of aliphatic hydroxyl groups excluding tert-OH is 2. The Morgan fingerprint density at radius 2 is 2.18 bits per heavy atom. The van der Waals surface area contributed by atoms with Gasteiger partial charge >= 0.3 is 14.1 Å². The summed E-state index contributed by atoms with van der Waals surface area (Å²) in [4.78, 5) is 16.0. The van der Waals surface area contributed by atoms with Gasteiger partial charge in [0.1, 0.15) is 49.5 Å². The van der Waals surface area contributed by atoms with Crippen molar-refractivity contribution in [2.24, 2.45) is 5.41 Å². The highest BCUT2D eigenvalue weighted by Gasteiger charge is 2.57. The number of hydrogen-bond donors (Lipinski definition) is 4. The maximum atomic E-state index is 14.1. The molecule has 2 aromatic rings. The molecule has 1 saturated heterocycles. The van der Waals surface area contributed by atoms with E-state index in [1.54, 1.807) is 12.1 Å². The standard InChI is InChI=1S/C20H28FN5O7P/c1-11(18(29)31-8-19(2)5-6-19)25-34(30)32-9-20(7-21)16(28)14(27)15(33-20)12-3-4-13-17(22)23-10-24-26(12)13/h3-4,10-11,14-16,27-28H,5-9H2,1-2H3,(H,25,30)(H2,22,23,24)/q+1/t11-,14-,15-,16-,20+/m0/s1. The summed E-state index contributed by atoms with van der Waals surface area (Å²) in [6.45, 7) is 1.86. The van der Waals surface area contributed by atoms with Crippen LogP contribution in [0, 0.1) is 5.41 Å². The maximum Gasteiger partial charge on any atom is 0.613 e. The second-order valence-electron chi connectivity index (χ2n) is 9.17. The molecule has 4 rings (SSSR count). The number of esters is 1. The fourth-order valence-electron chi connectivity index (χ4n) is 3.71. The summed E-state index contributed by atoms with van der Waals surface area (Å²) in [6, 6.07) is 2.23. The number of rotatable bonds is 10. The quantitative estimate of drug-likeness (QED) is 0.269. The smallest absolute Gasteiger partial charge is 0.464 e. The SMILES string of the molecule is C[C@H](N[P+](=O)OC[C@@]1(CF)O[C@@H](c2ccc3c(N)ncnn23)[C@H](O)[C@@H]1O)C(=O)OCC1(C)CC1. The molecule has 186 valence electrons. The molecule has 1 aliphatic carbocycles. The summed E-state index contributed by atoms with van der Waals surface area (Å²) in [5.41, 5.74) is 4.59. The molecule has 0 spiro atoms. The number of fused-ring (bicyclic) bond motifs is 1. The van der Waals surface area contributed by atoms with Gasteiger partial charge < -0.3 is 25.4 Å². The first-order valence-electron chi connectivity index (χ1n) is 10.8. The van der Waals surface area contributed by atoms with E-state index in [1.807, 2.05) is 6.92 Å². The largest absolute Gasteiger partial charge is 0.613 e. The van der Waals surface area contributed by atoms with E-state index in [2.05, 4.69) is 15.2 Å². The van der Waals surface area contributed by atoms with Gasteiger partial charge in [-0.2, -0.15) is 5.10 Å². The molecular weight excluding hydrogens is 472 g/mol. The van der Waals surface area contributed by atoms with Crippen LogP contribution in [0.15, 0.2) is 18.5 Å². The van der Waals surface area contributed by atoms with E-state index in [0.29, 0.717) is 11.2 Å². The number of aliphatic hydroxyl groups is 2. The van der Waals surface area contributed by atoms with Crippen molar-refractivity contribution in [2.45, 2.75) is 56.6 Å². The van der Waals surface area contributed by atoms with Crippen LogP contribution < -0.4 is 10.8 Å². The number of halogens is 1. The van der Waals surface area contributed by atoms with Crippen molar-refractivity contribution < 1.29 is 38.0 Å². The van der Waals surface area contributed by atoms with Crippen molar-refractivity contribution in [3.05, 3.63) is 24.2 Å². The number of nitrogen functional groups attached to an aromatic ring is 1. The molecule has 2 fully saturated rings. The molecule has 0 amide bonds. The Kier molecular flexibility index (Phi) is 6.87. The monoisotopic (exact) mass is 500 g/mol.